The molecule has 1 saturated carbocycles. The van der Waals surface area contributed by atoms with Gasteiger partial charge in [-0.2, -0.15) is 4.39 Å². The minimum absolute atomic E-state index is 0.0295. The van der Waals surface area contributed by atoms with Gasteiger partial charge >= 0.3 is 0 Å². The standard InChI is InChI=1S/C22H23F2N7O2/c23-11-1-3-12(4-2-11)29-16-6-5-14(20(24)31-16)19(33)15-9-26-21-18(15)22(28-10-27-21)30-13-7-17(32)25-8-13/h5-6,9-13H,1-4,7-8H2,(H,25,32)(H,29,31)(H2,26,27,28,30). The zero-order valence-electron chi connectivity index (χ0n) is 17.7. The maximum atomic E-state index is 14.8. The van der Waals surface area contributed by atoms with E-state index in [4.69, 9.17) is 0 Å². The van der Waals surface area contributed by atoms with Gasteiger partial charge < -0.3 is 20.9 Å². The molecule has 1 aliphatic carbocycles. The fraction of sp³-hybridized carbons (Fsp3) is 0.409. The van der Waals surface area contributed by atoms with Crippen molar-refractivity contribution in [2.45, 2.75) is 50.4 Å². The van der Waals surface area contributed by atoms with Gasteiger partial charge in [0, 0.05) is 25.2 Å². The van der Waals surface area contributed by atoms with E-state index in [1.165, 1.54) is 18.6 Å². The maximum absolute atomic E-state index is 14.8. The summed E-state index contributed by atoms with van der Waals surface area (Å²) in [4.78, 5) is 39.9. The molecular formula is C22H23F2N7O2. The average Bonchev–Trinajstić information content (AvgIpc) is 3.42. The fourth-order valence-corrected chi connectivity index (χ4v) is 4.39. The molecule has 172 valence electrons. The molecule has 3 aromatic rings. The van der Waals surface area contributed by atoms with Crippen LogP contribution < -0.4 is 16.0 Å². The first-order valence-electron chi connectivity index (χ1n) is 10.9. The fourth-order valence-electron chi connectivity index (χ4n) is 4.39. The number of halogens is 2. The molecule has 2 fully saturated rings. The summed E-state index contributed by atoms with van der Waals surface area (Å²) in [5.74, 6) is -0.817. The molecular weight excluding hydrogens is 432 g/mol. The van der Waals surface area contributed by atoms with E-state index in [-0.39, 0.29) is 29.1 Å². The number of hydrogen-bond acceptors (Lipinski definition) is 7. The van der Waals surface area contributed by atoms with E-state index in [0.717, 1.165) is 0 Å². The number of ketones is 1. The number of nitrogens with zero attached hydrogens (tertiary/aromatic N) is 3. The van der Waals surface area contributed by atoms with Crippen LogP contribution in [0.4, 0.5) is 20.4 Å². The zero-order chi connectivity index (χ0) is 22.9. The highest BCUT2D eigenvalue weighted by Gasteiger charge is 2.26. The number of carbonyl (C=O) groups excluding carboxylic acids is 2. The van der Waals surface area contributed by atoms with Gasteiger partial charge in [0.1, 0.15) is 29.8 Å². The molecule has 1 saturated heterocycles. The summed E-state index contributed by atoms with van der Waals surface area (Å²) in [6.07, 6.45) is 4.57. The van der Waals surface area contributed by atoms with E-state index in [0.29, 0.717) is 61.3 Å². The van der Waals surface area contributed by atoms with Gasteiger partial charge in [-0.1, -0.05) is 0 Å². The van der Waals surface area contributed by atoms with Crippen molar-refractivity contribution in [1.29, 1.82) is 0 Å². The van der Waals surface area contributed by atoms with E-state index in [2.05, 4.69) is 35.9 Å². The van der Waals surface area contributed by atoms with Crippen LogP contribution >= 0.6 is 0 Å². The monoisotopic (exact) mass is 455 g/mol. The van der Waals surface area contributed by atoms with Crippen molar-refractivity contribution >= 4 is 34.4 Å². The second kappa shape index (κ2) is 8.72. The van der Waals surface area contributed by atoms with E-state index in [1.807, 2.05) is 0 Å². The SMILES string of the molecule is O=C1CC(Nc2ncnc3[nH]cc(C(=O)c4ccc(NC5CCC(F)CC5)nc4F)c23)CN1. The Morgan fingerprint density at radius 3 is 2.61 bits per heavy atom. The van der Waals surface area contributed by atoms with Crippen LogP contribution in [-0.4, -0.2) is 56.4 Å². The summed E-state index contributed by atoms with van der Waals surface area (Å²) in [6, 6.07) is 2.80. The Labute approximate surface area is 187 Å². The normalized spacial score (nSPS) is 22.8. The lowest BCUT2D eigenvalue weighted by molar-refractivity contribution is -0.119. The molecule has 0 spiro atoms. The van der Waals surface area contributed by atoms with Crippen molar-refractivity contribution in [2.75, 3.05) is 17.2 Å². The quantitative estimate of drug-likeness (QED) is 0.333. The maximum Gasteiger partial charge on any atom is 0.226 e. The van der Waals surface area contributed by atoms with Crippen LogP contribution in [0.1, 0.15) is 48.0 Å². The summed E-state index contributed by atoms with van der Waals surface area (Å²) in [6.45, 7) is 0.442. The van der Waals surface area contributed by atoms with Crippen LogP contribution in [0.2, 0.25) is 0 Å². The highest BCUT2D eigenvalue weighted by molar-refractivity contribution is 6.18. The lowest BCUT2D eigenvalue weighted by Crippen LogP contribution is -2.27. The van der Waals surface area contributed by atoms with Crippen molar-refractivity contribution in [3.8, 4) is 0 Å². The van der Waals surface area contributed by atoms with E-state index in [9.17, 15) is 18.4 Å². The van der Waals surface area contributed by atoms with Crippen LogP contribution in [0, 0.1) is 5.95 Å². The van der Waals surface area contributed by atoms with Crippen LogP contribution in [0.3, 0.4) is 0 Å². The molecule has 1 unspecified atom stereocenters. The van der Waals surface area contributed by atoms with Gasteiger partial charge in [0.2, 0.25) is 11.9 Å². The first-order valence-corrected chi connectivity index (χ1v) is 10.9. The predicted octanol–water partition coefficient (Wildman–Crippen LogP) is 2.72. The molecule has 0 bridgehead atoms. The van der Waals surface area contributed by atoms with E-state index < -0.39 is 17.9 Å². The molecule has 4 N–H and O–H groups in total. The smallest absolute Gasteiger partial charge is 0.226 e. The summed E-state index contributed by atoms with van der Waals surface area (Å²) in [5, 5.41) is 9.45. The summed E-state index contributed by atoms with van der Waals surface area (Å²) >= 11 is 0. The van der Waals surface area contributed by atoms with Crippen molar-refractivity contribution in [2.24, 2.45) is 0 Å². The Balaban J connectivity index is 1.39. The number of nitrogens with one attached hydrogen (secondary N) is 4. The van der Waals surface area contributed by atoms with Gasteiger partial charge in [-0.05, 0) is 37.8 Å². The number of alkyl halides is 1. The topological polar surface area (TPSA) is 125 Å². The highest BCUT2D eigenvalue weighted by atomic mass is 19.1. The second-order valence-electron chi connectivity index (χ2n) is 8.45. The molecule has 0 aromatic carbocycles. The third-order valence-corrected chi connectivity index (χ3v) is 6.13. The molecule has 0 radical (unpaired) electrons. The lowest BCUT2D eigenvalue weighted by Gasteiger charge is -2.25. The number of fused-ring (bicyclic) bond motifs is 1. The van der Waals surface area contributed by atoms with Gasteiger partial charge in [0.25, 0.3) is 0 Å². The molecule has 1 atom stereocenters. The summed E-state index contributed by atoms with van der Waals surface area (Å²) in [5.41, 5.74) is 0.442. The first kappa shape index (κ1) is 21.2. The number of aromatic amines is 1. The van der Waals surface area contributed by atoms with Crippen LogP contribution in [0.25, 0.3) is 11.0 Å². The molecule has 3 aromatic heterocycles. The van der Waals surface area contributed by atoms with Gasteiger partial charge in [0.05, 0.1) is 22.6 Å². The molecule has 4 heterocycles. The van der Waals surface area contributed by atoms with Crippen molar-refractivity contribution in [3.63, 3.8) is 0 Å². The minimum atomic E-state index is -0.893. The number of carbonyl (C=O) groups is 2. The van der Waals surface area contributed by atoms with Gasteiger partial charge in [-0.15, -0.1) is 0 Å². The van der Waals surface area contributed by atoms with Gasteiger partial charge in [0.15, 0.2) is 5.78 Å². The van der Waals surface area contributed by atoms with Crippen LogP contribution in [0.5, 0.6) is 0 Å². The molecule has 9 nitrogen and oxygen atoms in total. The predicted molar refractivity (Wildman–Crippen MR) is 117 cm³/mol. The molecule has 2 aliphatic rings. The molecule has 1 amide bonds. The molecule has 11 heteroatoms. The van der Waals surface area contributed by atoms with E-state index >= 15 is 0 Å². The van der Waals surface area contributed by atoms with Crippen molar-refractivity contribution < 1.29 is 18.4 Å². The first-order chi connectivity index (χ1) is 16.0. The Morgan fingerprint density at radius 1 is 1.06 bits per heavy atom. The lowest BCUT2D eigenvalue weighted by atomic mass is 9.94. The number of pyridine rings is 1. The third kappa shape index (κ3) is 4.35. The zero-order valence-corrected chi connectivity index (χ0v) is 17.7. The average molecular weight is 455 g/mol. The van der Waals surface area contributed by atoms with Gasteiger partial charge in [-0.3, -0.25) is 9.59 Å². The summed E-state index contributed by atoms with van der Waals surface area (Å²) < 4.78 is 28.2. The second-order valence-corrected chi connectivity index (χ2v) is 8.45. The Hall–Kier alpha value is -3.63. The Kier molecular flexibility index (Phi) is 5.61. The third-order valence-electron chi connectivity index (χ3n) is 6.13. The van der Waals surface area contributed by atoms with Gasteiger partial charge in [-0.25, -0.2) is 19.3 Å². The van der Waals surface area contributed by atoms with Crippen molar-refractivity contribution in [1.82, 2.24) is 25.3 Å². The largest absolute Gasteiger partial charge is 0.367 e. The highest BCUT2D eigenvalue weighted by Crippen LogP contribution is 2.28. The number of aromatic nitrogens is 4. The van der Waals surface area contributed by atoms with E-state index in [1.54, 1.807) is 6.07 Å². The molecule has 5 rings (SSSR count). The number of rotatable bonds is 6. The summed E-state index contributed by atoms with van der Waals surface area (Å²) in [7, 11) is 0. The van der Waals surface area contributed by atoms with Crippen molar-refractivity contribution in [3.05, 3.63) is 41.7 Å². The Morgan fingerprint density at radius 2 is 1.88 bits per heavy atom. The number of anilines is 2. The number of H-pyrrole nitrogens is 1. The van der Waals surface area contributed by atoms with Crippen LogP contribution in [0.15, 0.2) is 24.7 Å². The number of hydrogen-bond donors (Lipinski definition) is 4. The number of amides is 1. The Bertz CT molecular complexity index is 1210. The minimum Gasteiger partial charge on any atom is -0.367 e. The van der Waals surface area contributed by atoms with Crippen LogP contribution in [-0.2, 0) is 4.79 Å². The molecule has 33 heavy (non-hydrogen) atoms. The molecule has 1 aliphatic heterocycles.